The number of hydrogen-bond acceptors (Lipinski definition) is 4. The maximum absolute atomic E-state index is 4.44. The molecule has 7 heteroatoms. The molecule has 132 valence electrons. The average molecular weight is 468 g/mol. The van der Waals surface area contributed by atoms with E-state index in [-0.39, 0.29) is 24.0 Å². The van der Waals surface area contributed by atoms with E-state index in [1.54, 1.807) is 0 Å². The summed E-state index contributed by atoms with van der Waals surface area (Å²) in [6, 6.07) is 4.37. The van der Waals surface area contributed by atoms with Crippen LogP contribution in [0.25, 0.3) is 0 Å². The number of unbranched alkanes of at least 4 members (excludes halogenated alkanes) is 1. The summed E-state index contributed by atoms with van der Waals surface area (Å²) in [5, 5.41) is 5.67. The lowest BCUT2D eigenvalue weighted by molar-refractivity contribution is 0.174. The largest absolute Gasteiger partial charge is 0.356 e. The number of piperazine rings is 1. The van der Waals surface area contributed by atoms with Crippen LogP contribution < -0.4 is 5.32 Å². The van der Waals surface area contributed by atoms with Crippen LogP contribution in [-0.4, -0.2) is 67.5 Å². The van der Waals surface area contributed by atoms with Gasteiger partial charge in [0.2, 0.25) is 0 Å². The van der Waals surface area contributed by atoms with Gasteiger partial charge in [0.1, 0.15) is 0 Å². The van der Waals surface area contributed by atoms with Crippen molar-refractivity contribution in [2.45, 2.75) is 19.4 Å². The van der Waals surface area contributed by atoms with Crippen LogP contribution in [0, 0.1) is 0 Å². The second-order valence-corrected chi connectivity index (χ2v) is 7.53. The topological polar surface area (TPSA) is 30.9 Å². The zero-order chi connectivity index (χ0) is 15.6. The van der Waals surface area contributed by atoms with E-state index in [1.165, 1.54) is 23.5 Å². The molecule has 1 aromatic rings. The Kier molecular flexibility index (Phi) is 11.3. The summed E-state index contributed by atoms with van der Waals surface area (Å²) in [6.07, 6.45) is 4.67. The van der Waals surface area contributed by atoms with Crippen molar-refractivity contribution in [3.05, 3.63) is 22.4 Å². The Morgan fingerprint density at radius 1 is 1.30 bits per heavy atom. The first kappa shape index (κ1) is 21.1. The van der Waals surface area contributed by atoms with Gasteiger partial charge in [-0.05, 0) is 36.3 Å². The van der Waals surface area contributed by atoms with Crippen molar-refractivity contribution < 1.29 is 0 Å². The lowest BCUT2D eigenvalue weighted by Gasteiger charge is -2.36. The van der Waals surface area contributed by atoms with Gasteiger partial charge in [-0.15, -0.1) is 35.3 Å². The minimum absolute atomic E-state index is 0. The molecule has 1 aliphatic heterocycles. The maximum atomic E-state index is 4.44. The van der Waals surface area contributed by atoms with Crippen LogP contribution in [0.3, 0.4) is 0 Å². The summed E-state index contributed by atoms with van der Waals surface area (Å²) >= 11 is 3.78. The monoisotopic (exact) mass is 468 g/mol. The van der Waals surface area contributed by atoms with Gasteiger partial charge in [0.05, 0.1) is 0 Å². The van der Waals surface area contributed by atoms with Gasteiger partial charge in [-0.2, -0.15) is 11.8 Å². The number of rotatable bonds is 7. The standard InChI is InChI=1S/C16H28N4S2.HI/c1-17-16(18-7-3-4-12-21-2)20-10-8-19(9-11-20)14-15-6-5-13-22-15;/h5-6,13H,3-4,7-12,14H2,1-2H3,(H,17,18);1H. The number of thioether (sulfide) groups is 1. The van der Waals surface area contributed by atoms with Gasteiger partial charge in [0.15, 0.2) is 5.96 Å². The van der Waals surface area contributed by atoms with Crippen LogP contribution in [0.5, 0.6) is 0 Å². The Hall–Kier alpha value is 0.01000. The minimum Gasteiger partial charge on any atom is -0.356 e. The second kappa shape index (κ2) is 12.4. The summed E-state index contributed by atoms with van der Waals surface area (Å²) in [7, 11) is 1.89. The van der Waals surface area contributed by atoms with Crippen molar-refractivity contribution in [3.8, 4) is 0 Å². The highest BCUT2D eigenvalue weighted by molar-refractivity contribution is 14.0. The Morgan fingerprint density at radius 2 is 2.09 bits per heavy atom. The first-order chi connectivity index (χ1) is 10.8. The molecule has 0 saturated carbocycles. The third-order valence-electron chi connectivity index (χ3n) is 3.90. The molecule has 0 amide bonds. The fourth-order valence-electron chi connectivity index (χ4n) is 2.64. The quantitative estimate of drug-likeness (QED) is 0.288. The van der Waals surface area contributed by atoms with E-state index >= 15 is 0 Å². The fraction of sp³-hybridized carbons (Fsp3) is 0.688. The predicted molar refractivity (Wildman–Crippen MR) is 116 cm³/mol. The van der Waals surface area contributed by atoms with Crippen LogP contribution in [0.4, 0.5) is 0 Å². The molecule has 2 heterocycles. The number of hydrogen-bond donors (Lipinski definition) is 1. The van der Waals surface area contributed by atoms with Gasteiger partial charge >= 0.3 is 0 Å². The number of nitrogens with one attached hydrogen (secondary N) is 1. The highest BCUT2D eigenvalue weighted by atomic mass is 127. The highest BCUT2D eigenvalue weighted by Crippen LogP contribution is 2.13. The van der Waals surface area contributed by atoms with Gasteiger partial charge in [-0.1, -0.05) is 6.07 Å². The molecule has 1 N–H and O–H groups in total. The summed E-state index contributed by atoms with van der Waals surface area (Å²) in [4.78, 5) is 10.8. The van der Waals surface area contributed by atoms with Crippen molar-refractivity contribution in [2.75, 3.05) is 51.8 Å². The average Bonchev–Trinajstić information content (AvgIpc) is 3.05. The number of aliphatic imine (C=N–C) groups is 1. The zero-order valence-corrected chi connectivity index (χ0v) is 18.1. The molecular formula is C16H29IN4S2. The van der Waals surface area contributed by atoms with Crippen molar-refractivity contribution in [3.63, 3.8) is 0 Å². The van der Waals surface area contributed by atoms with E-state index < -0.39 is 0 Å². The molecule has 4 nitrogen and oxygen atoms in total. The Labute approximate surface area is 166 Å². The van der Waals surface area contributed by atoms with E-state index in [9.17, 15) is 0 Å². The maximum Gasteiger partial charge on any atom is 0.193 e. The summed E-state index contributed by atoms with van der Waals surface area (Å²) in [5.74, 6) is 2.32. The number of halogens is 1. The number of thiophene rings is 1. The van der Waals surface area contributed by atoms with E-state index in [4.69, 9.17) is 0 Å². The molecule has 1 aliphatic rings. The highest BCUT2D eigenvalue weighted by Gasteiger charge is 2.19. The number of nitrogens with zero attached hydrogens (tertiary/aromatic N) is 3. The van der Waals surface area contributed by atoms with Crippen LogP contribution in [0.15, 0.2) is 22.5 Å². The summed E-state index contributed by atoms with van der Waals surface area (Å²) in [5.41, 5.74) is 0. The molecule has 0 spiro atoms. The van der Waals surface area contributed by atoms with E-state index in [1.807, 2.05) is 30.1 Å². The minimum atomic E-state index is 0. The lowest BCUT2D eigenvalue weighted by atomic mass is 10.3. The SMILES string of the molecule is CN=C(NCCCCSC)N1CCN(Cc2cccs2)CC1.I. The first-order valence-electron chi connectivity index (χ1n) is 8.02. The smallest absolute Gasteiger partial charge is 0.193 e. The third kappa shape index (κ3) is 7.62. The van der Waals surface area contributed by atoms with E-state index in [0.717, 1.165) is 45.2 Å². The molecule has 0 unspecified atom stereocenters. The molecule has 23 heavy (non-hydrogen) atoms. The molecule has 0 aromatic carbocycles. The molecule has 1 saturated heterocycles. The van der Waals surface area contributed by atoms with Crippen LogP contribution in [-0.2, 0) is 6.54 Å². The van der Waals surface area contributed by atoms with Gasteiger partial charge < -0.3 is 10.2 Å². The lowest BCUT2D eigenvalue weighted by Crippen LogP contribution is -2.52. The molecule has 1 aromatic heterocycles. The van der Waals surface area contributed by atoms with Crippen molar-refractivity contribution in [2.24, 2.45) is 4.99 Å². The zero-order valence-electron chi connectivity index (χ0n) is 14.2. The molecular weight excluding hydrogens is 439 g/mol. The molecule has 0 atom stereocenters. The van der Waals surface area contributed by atoms with Gasteiger partial charge in [-0.3, -0.25) is 9.89 Å². The van der Waals surface area contributed by atoms with Crippen LogP contribution in [0.1, 0.15) is 17.7 Å². The van der Waals surface area contributed by atoms with E-state index in [2.05, 4.69) is 43.9 Å². The molecule has 0 radical (unpaired) electrons. The van der Waals surface area contributed by atoms with E-state index in [0.29, 0.717) is 0 Å². The molecule has 0 aliphatic carbocycles. The Bertz CT molecular complexity index is 431. The predicted octanol–water partition coefficient (Wildman–Crippen LogP) is 3.20. The Morgan fingerprint density at radius 3 is 2.70 bits per heavy atom. The van der Waals surface area contributed by atoms with Crippen LogP contribution >= 0.6 is 47.1 Å². The second-order valence-electron chi connectivity index (χ2n) is 5.52. The fourth-order valence-corrected chi connectivity index (χ4v) is 3.88. The first-order valence-corrected chi connectivity index (χ1v) is 10.3. The molecule has 1 fully saturated rings. The third-order valence-corrected chi connectivity index (χ3v) is 5.46. The number of guanidine groups is 1. The van der Waals surface area contributed by atoms with Crippen molar-refractivity contribution >= 4 is 53.0 Å². The van der Waals surface area contributed by atoms with Gasteiger partial charge in [-0.25, -0.2) is 0 Å². The molecule has 2 rings (SSSR count). The Balaban J connectivity index is 0.00000264. The van der Waals surface area contributed by atoms with Gasteiger partial charge in [0, 0.05) is 51.2 Å². The normalized spacial score (nSPS) is 16.3. The van der Waals surface area contributed by atoms with Crippen LogP contribution in [0.2, 0.25) is 0 Å². The van der Waals surface area contributed by atoms with Gasteiger partial charge in [0.25, 0.3) is 0 Å². The summed E-state index contributed by atoms with van der Waals surface area (Å²) in [6.45, 7) is 6.48. The van der Waals surface area contributed by atoms with Crippen molar-refractivity contribution in [1.29, 1.82) is 0 Å². The van der Waals surface area contributed by atoms with Crippen molar-refractivity contribution in [1.82, 2.24) is 15.1 Å². The molecule has 0 bridgehead atoms. The summed E-state index contributed by atoms with van der Waals surface area (Å²) < 4.78 is 0.